The molecule has 2 aromatic carbocycles. The summed E-state index contributed by atoms with van der Waals surface area (Å²) >= 11 is 3.08. The number of hydrogen-bond donors (Lipinski definition) is 1. The lowest BCUT2D eigenvalue weighted by atomic mass is 10.1. The van der Waals surface area contributed by atoms with E-state index in [0.717, 1.165) is 17.8 Å². The van der Waals surface area contributed by atoms with Gasteiger partial charge in [0.05, 0.1) is 10.9 Å². The summed E-state index contributed by atoms with van der Waals surface area (Å²) in [5, 5.41) is 15.3. The minimum Gasteiger partial charge on any atom is -0.325 e. The first-order valence-corrected chi connectivity index (χ1v) is 9.83. The van der Waals surface area contributed by atoms with E-state index < -0.39 is 0 Å². The number of amides is 1. The van der Waals surface area contributed by atoms with Crippen molar-refractivity contribution < 1.29 is 4.79 Å². The van der Waals surface area contributed by atoms with Gasteiger partial charge in [0.1, 0.15) is 0 Å². The van der Waals surface area contributed by atoms with Crippen LogP contribution in [-0.2, 0) is 11.2 Å². The molecule has 2 heterocycles. The summed E-state index contributed by atoms with van der Waals surface area (Å²) in [6.45, 7) is 0. The Bertz CT molecular complexity index is 902. The number of nitrogens with one attached hydrogen (secondary N) is 1. The fourth-order valence-electron chi connectivity index (χ4n) is 2.73. The van der Waals surface area contributed by atoms with Crippen molar-refractivity contribution in [2.75, 3.05) is 11.6 Å². The number of carbonyl (C=O) groups is 1. The molecule has 0 bridgehead atoms. The molecular weight excluding hydrogens is 354 g/mol. The van der Waals surface area contributed by atoms with Crippen molar-refractivity contribution in [1.82, 2.24) is 20.2 Å². The van der Waals surface area contributed by atoms with E-state index in [1.807, 2.05) is 42.7 Å². The number of tetrazole rings is 1. The van der Waals surface area contributed by atoms with Crippen LogP contribution in [0.1, 0.15) is 5.56 Å². The lowest BCUT2D eigenvalue weighted by Crippen LogP contribution is -2.24. The molecule has 6 nitrogen and oxygen atoms in total. The Morgan fingerprint density at radius 1 is 1.28 bits per heavy atom. The molecule has 0 spiro atoms. The maximum absolute atomic E-state index is 12.6. The van der Waals surface area contributed by atoms with E-state index in [9.17, 15) is 4.79 Å². The van der Waals surface area contributed by atoms with E-state index in [4.69, 9.17) is 0 Å². The number of aromatic nitrogens is 4. The second kappa shape index (κ2) is 6.89. The highest BCUT2D eigenvalue weighted by atomic mass is 32.2. The molecule has 1 aromatic heterocycles. The summed E-state index contributed by atoms with van der Waals surface area (Å²) in [6, 6.07) is 15.7. The Labute approximate surface area is 153 Å². The summed E-state index contributed by atoms with van der Waals surface area (Å²) in [6.07, 6.45) is 2.68. The Kier molecular flexibility index (Phi) is 4.46. The van der Waals surface area contributed by atoms with Gasteiger partial charge in [-0.05, 0) is 52.9 Å². The molecule has 0 radical (unpaired) electrons. The molecule has 0 fully saturated rings. The summed E-state index contributed by atoms with van der Waals surface area (Å²) in [5.74, 6) is 0.0140. The fourth-order valence-corrected chi connectivity index (χ4v) is 4.36. The molecule has 1 aliphatic rings. The second-order valence-electron chi connectivity index (χ2n) is 5.54. The molecule has 126 valence electrons. The molecule has 3 aromatic rings. The number of thioether (sulfide) groups is 2. The normalized spacial score (nSPS) is 15.8. The van der Waals surface area contributed by atoms with E-state index in [1.54, 1.807) is 16.4 Å². The number of nitrogens with zero attached hydrogens (tertiary/aromatic N) is 4. The van der Waals surface area contributed by atoms with E-state index >= 15 is 0 Å². The average molecular weight is 369 g/mol. The zero-order valence-electron chi connectivity index (χ0n) is 13.4. The van der Waals surface area contributed by atoms with Crippen molar-refractivity contribution in [2.24, 2.45) is 0 Å². The minimum atomic E-state index is -0.101. The van der Waals surface area contributed by atoms with E-state index in [1.165, 1.54) is 22.2 Å². The highest BCUT2D eigenvalue weighted by Crippen LogP contribution is 2.37. The molecular formula is C17H15N5OS2. The molecule has 8 heteroatoms. The Morgan fingerprint density at radius 3 is 3.00 bits per heavy atom. The van der Waals surface area contributed by atoms with Crippen LogP contribution >= 0.6 is 23.5 Å². The molecule has 1 amide bonds. The first-order valence-electron chi connectivity index (χ1n) is 7.73. The predicted octanol–water partition coefficient (Wildman–Crippen LogP) is 3.04. The van der Waals surface area contributed by atoms with E-state index in [2.05, 4.69) is 33.0 Å². The van der Waals surface area contributed by atoms with Gasteiger partial charge in [-0.3, -0.25) is 4.79 Å². The molecule has 0 saturated carbocycles. The zero-order valence-corrected chi connectivity index (χ0v) is 15.0. The van der Waals surface area contributed by atoms with Crippen molar-refractivity contribution in [1.29, 1.82) is 0 Å². The molecule has 0 aliphatic carbocycles. The van der Waals surface area contributed by atoms with Crippen LogP contribution in [0, 0.1) is 0 Å². The molecule has 25 heavy (non-hydrogen) atoms. The number of anilines is 1. The number of rotatable bonds is 4. The molecule has 0 saturated heterocycles. The summed E-state index contributed by atoms with van der Waals surface area (Å²) < 4.78 is 1.65. The van der Waals surface area contributed by atoms with Gasteiger partial charge in [-0.25, -0.2) is 0 Å². The standard InChI is InChI=1S/C17H15N5OS2/c1-24-17-19-20-21-22(17)13-7-4-6-12(10-13)18-16(23)15-9-11-5-2-3-8-14(11)25-15/h2-8,10,15H,9H2,1H3,(H,18,23). The van der Waals surface area contributed by atoms with E-state index in [0.29, 0.717) is 5.16 Å². The molecule has 1 unspecified atom stereocenters. The maximum atomic E-state index is 12.6. The van der Waals surface area contributed by atoms with Crippen LogP contribution in [-0.4, -0.2) is 37.6 Å². The molecule has 1 N–H and O–H groups in total. The highest BCUT2D eigenvalue weighted by molar-refractivity contribution is 8.01. The van der Waals surface area contributed by atoms with Crippen LogP contribution in [0.5, 0.6) is 0 Å². The fraction of sp³-hybridized carbons (Fsp3) is 0.176. The van der Waals surface area contributed by atoms with Crippen molar-refractivity contribution in [2.45, 2.75) is 21.7 Å². The maximum Gasteiger partial charge on any atom is 0.238 e. The van der Waals surface area contributed by atoms with Crippen molar-refractivity contribution in [3.05, 3.63) is 54.1 Å². The van der Waals surface area contributed by atoms with Crippen molar-refractivity contribution in [3.8, 4) is 5.69 Å². The first-order chi connectivity index (χ1) is 12.2. The Balaban J connectivity index is 1.50. The van der Waals surface area contributed by atoms with Gasteiger partial charge in [0, 0.05) is 10.6 Å². The zero-order chi connectivity index (χ0) is 17.2. The monoisotopic (exact) mass is 369 g/mol. The lowest BCUT2D eigenvalue weighted by molar-refractivity contribution is -0.115. The van der Waals surface area contributed by atoms with Crippen LogP contribution in [0.4, 0.5) is 5.69 Å². The van der Waals surface area contributed by atoms with E-state index in [-0.39, 0.29) is 11.2 Å². The van der Waals surface area contributed by atoms with Crippen LogP contribution < -0.4 is 5.32 Å². The Hall–Kier alpha value is -2.32. The number of carbonyl (C=O) groups excluding carboxylic acids is 1. The van der Waals surface area contributed by atoms with Gasteiger partial charge in [-0.15, -0.1) is 16.9 Å². The van der Waals surface area contributed by atoms with Crippen LogP contribution in [0.3, 0.4) is 0 Å². The van der Waals surface area contributed by atoms with Gasteiger partial charge in [0.25, 0.3) is 0 Å². The summed E-state index contributed by atoms with van der Waals surface area (Å²) in [5.41, 5.74) is 2.79. The Morgan fingerprint density at radius 2 is 2.16 bits per heavy atom. The van der Waals surface area contributed by atoms with Gasteiger partial charge < -0.3 is 5.32 Å². The van der Waals surface area contributed by atoms with Crippen LogP contribution in [0.15, 0.2) is 58.6 Å². The largest absolute Gasteiger partial charge is 0.325 e. The lowest BCUT2D eigenvalue weighted by Gasteiger charge is -2.11. The molecule has 4 rings (SSSR count). The summed E-state index contributed by atoms with van der Waals surface area (Å²) in [7, 11) is 0. The highest BCUT2D eigenvalue weighted by Gasteiger charge is 2.28. The van der Waals surface area contributed by atoms with Crippen LogP contribution in [0.2, 0.25) is 0 Å². The topological polar surface area (TPSA) is 72.7 Å². The predicted molar refractivity (Wildman–Crippen MR) is 99.4 cm³/mol. The number of fused-ring (bicyclic) bond motifs is 1. The van der Waals surface area contributed by atoms with Crippen molar-refractivity contribution in [3.63, 3.8) is 0 Å². The van der Waals surface area contributed by atoms with Gasteiger partial charge in [0.15, 0.2) is 0 Å². The minimum absolute atomic E-state index is 0.0140. The molecule has 1 aliphatic heterocycles. The second-order valence-corrected chi connectivity index (χ2v) is 7.55. The third kappa shape index (κ3) is 3.27. The quantitative estimate of drug-likeness (QED) is 0.713. The third-order valence-corrected chi connectivity index (χ3v) is 5.86. The first kappa shape index (κ1) is 16.2. The van der Waals surface area contributed by atoms with Gasteiger partial charge in [0.2, 0.25) is 11.1 Å². The molecule has 1 atom stereocenters. The average Bonchev–Trinajstić information content (AvgIpc) is 3.28. The summed E-state index contributed by atoms with van der Waals surface area (Å²) in [4.78, 5) is 13.8. The van der Waals surface area contributed by atoms with Crippen LogP contribution in [0.25, 0.3) is 5.69 Å². The van der Waals surface area contributed by atoms with Gasteiger partial charge in [-0.1, -0.05) is 36.0 Å². The SMILES string of the molecule is CSc1nnnn1-c1cccc(NC(=O)C2Cc3ccccc3S2)c1. The third-order valence-electron chi connectivity index (χ3n) is 3.92. The van der Waals surface area contributed by atoms with Gasteiger partial charge in [-0.2, -0.15) is 4.68 Å². The van der Waals surface area contributed by atoms with Gasteiger partial charge >= 0.3 is 0 Å². The smallest absolute Gasteiger partial charge is 0.238 e. The number of hydrogen-bond acceptors (Lipinski definition) is 6. The van der Waals surface area contributed by atoms with Crippen molar-refractivity contribution >= 4 is 35.1 Å². The number of benzene rings is 2.